The van der Waals surface area contributed by atoms with E-state index in [-0.39, 0.29) is 31.5 Å². The second-order valence-electron chi connectivity index (χ2n) is 25.4. The zero-order valence-electron chi connectivity index (χ0n) is 54.3. The molecule has 0 aromatic rings. The van der Waals surface area contributed by atoms with E-state index in [9.17, 15) is 19.0 Å². The Morgan fingerprint density at radius 1 is 0.425 bits per heavy atom. The minimum absolute atomic E-state index is 0.0206. The molecule has 0 heterocycles. The Balaban J connectivity index is 4.98. The largest absolute Gasteiger partial charge is 0.756 e. The third-order valence-corrected chi connectivity index (χ3v) is 17.1. The summed E-state index contributed by atoms with van der Waals surface area (Å²) < 4.78 is 30.4. The molecule has 0 fully saturated rings. The van der Waals surface area contributed by atoms with Crippen LogP contribution in [0.15, 0.2) is 24.3 Å². The molecule has 3 atom stereocenters. The van der Waals surface area contributed by atoms with Gasteiger partial charge >= 0.3 is 5.97 Å². The number of likely N-dealkylation sites (N-methyl/N-ethyl adjacent to an activating group) is 1. The van der Waals surface area contributed by atoms with Gasteiger partial charge < -0.3 is 28.5 Å². The first-order chi connectivity index (χ1) is 38.9. The number of hydrogen-bond donors (Lipinski definition) is 1. The quantitative estimate of drug-likeness (QED) is 0.0212. The summed E-state index contributed by atoms with van der Waals surface area (Å²) in [6.07, 6.45) is 73.1. The number of amides is 1. The highest BCUT2D eigenvalue weighted by molar-refractivity contribution is 7.45. The summed E-state index contributed by atoms with van der Waals surface area (Å²) in [4.78, 5) is 40.1. The van der Waals surface area contributed by atoms with E-state index in [1.54, 1.807) is 0 Å². The number of phosphoric acid groups is 1. The molecule has 0 aliphatic carbocycles. The molecule has 1 amide bonds. The zero-order chi connectivity index (χ0) is 58.6. The summed E-state index contributed by atoms with van der Waals surface area (Å²) in [6.45, 7) is 6.89. The van der Waals surface area contributed by atoms with E-state index in [1.165, 1.54) is 257 Å². The second kappa shape index (κ2) is 60.6. The molecule has 1 N–H and O–H groups in total. The van der Waals surface area contributed by atoms with Crippen LogP contribution in [0.3, 0.4) is 0 Å². The Kier molecular flexibility index (Phi) is 59.5. The molecular formula is C70H137N2O7P. The Labute approximate surface area is 498 Å². The van der Waals surface area contributed by atoms with Crippen LogP contribution >= 0.6 is 7.82 Å². The average molecular weight is 1150 g/mol. The minimum Gasteiger partial charge on any atom is -0.756 e. The predicted octanol–water partition coefficient (Wildman–Crippen LogP) is 21.4. The van der Waals surface area contributed by atoms with Gasteiger partial charge in [0.1, 0.15) is 19.3 Å². The van der Waals surface area contributed by atoms with Crippen molar-refractivity contribution in [2.45, 2.75) is 373 Å². The number of carbonyl (C=O) groups excluding carboxylic acids is 2. The van der Waals surface area contributed by atoms with Crippen molar-refractivity contribution in [3.63, 3.8) is 0 Å². The van der Waals surface area contributed by atoms with Gasteiger partial charge in [-0.1, -0.05) is 315 Å². The van der Waals surface area contributed by atoms with E-state index >= 15 is 0 Å². The van der Waals surface area contributed by atoms with E-state index in [2.05, 4.69) is 38.2 Å². The van der Waals surface area contributed by atoms with Gasteiger partial charge in [-0.15, -0.1) is 0 Å². The van der Waals surface area contributed by atoms with Gasteiger partial charge in [-0.3, -0.25) is 14.2 Å². The summed E-state index contributed by atoms with van der Waals surface area (Å²) in [5, 5.41) is 3.04. The van der Waals surface area contributed by atoms with E-state index in [0.717, 1.165) is 64.2 Å². The van der Waals surface area contributed by atoms with E-state index in [1.807, 2.05) is 33.3 Å². The third kappa shape index (κ3) is 61.1. The van der Waals surface area contributed by atoms with Gasteiger partial charge in [-0.2, -0.15) is 0 Å². The molecule has 9 nitrogen and oxygen atoms in total. The van der Waals surface area contributed by atoms with Crippen molar-refractivity contribution in [3.05, 3.63) is 24.3 Å². The molecular weight excluding hydrogens is 1010 g/mol. The fourth-order valence-electron chi connectivity index (χ4n) is 10.7. The van der Waals surface area contributed by atoms with Crippen LogP contribution in [0.1, 0.15) is 361 Å². The number of rotatable bonds is 65. The number of unbranched alkanes of at least 4 members (excludes halogenated alkanes) is 47. The fraction of sp³-hybridized carbons (Fsp3) is 0.914. The highest BCUT2D eigenvalue weighted by Gasteiger charge is 2.27. The SMILES string of the molecule is CCCCCCCCC/C=C\CCCCCC(=O)OC(/C=C\CCCCCCCCCCCCC)C(COP(=O)([O-])OCC[N+](C)(C)C)NC(=O)CCCCCCCCCCCCCCCCCCCCCCCCCCCCC. The fourth-order valence-corrected chi connectivity index (χ4v) is 11.4. The standard InChI is InChI=1S/C70H137N2O7P/c1-7-10-13-16-19-22-25-28-30-31-32-33-34-35-36-37-38-39-40-41-42-44-47-50-53-56-59-62-69(73)71-67(66-78-80(75,76)77-65-64-72(4,5)6)68(61-58-55-52-49-46-43-27-24-21-18-15-12-9-3)79-70(74)63-60-57-54-51-48-45-29-26-23-20-17-14-11-8-2/h45,48,58,61,67-68H,7-44,46-47,49-57,59-60,62-66H2,1-6H3,(H-,71,73,75,76)/b48-45-,61-58-. The lowest BCUT2D eigenvalue weighted by atomic mass is 10.0. The lowest BCUT2D eigenvalue weighted by Crippen LogP contribution is -2.47. The number of nitrogens with one attached hydrogen (secondary N) is 1. The summed E-state index contributed by atoms with van der Waals surface area (Å²) in [5.74, 6) is -0.539. The summed E-state index contributed by atoms with van der Waals surface area (Å²) in [7, 11) is 1.20. The van der Waals surface area contributed by atoms with E-state index in [4.69, 9.17) is 13.8 Å². The van der Waals surface area contributed by atoms with Crippen LogP contribution in [0.4, 0.5) is 0 Å². The summed E-state index contributed by atoms with van der Waals surface area (Å²) in [6, 6.07) is -0.889. The molecule has 3 unspecified atom stereocenters. The molecule has 0 rings (SSSR count). The Morgan fingerprint density at radius 3 is 1.07 bits per heavy atom. The maximum absolute atomic E-state index is 13.6. The van der Waals surface area contributed by atoms with Gasteiger partial charge in [-0.25, -0.2) is 0 Å². The molecule has 0 spiro atoms. The number of nitrogens with zero attached hydrogens (tertiary/aromatic N) is 1. The first-order valence-corrected chi connectivity index (χ1v) is 36.6. The molecule has 0 saturated carbocycles. The van der Waals surface area contributed by atoms with Crippen LogP contribution in [0.25, 0.3) is 0 Å². The lowest BCUT2D eigenvalue weighted by Gasteiger charge is -2.30. The average Bonchev–Trinajstić information content (AvgIpc) is 3.42. The van der Waals surface area contributed by atoms with Gasteiger partial charge in [0.05, 0.1) is 33.8 Å². The number of quaternary nitrogens is 1. The maximum atomic E-state index is 13.6. The predicted molar refractivity (Wildman–Crippen MR) is 344 cm³/mol. The first-order valence-electron chi connectivity index (χ1n) is 35.1. The van der Waals surface area contributed by atoms with Crippen LogP contribution in [0, 0.1) is 0 Å². The van der Waals surface area contributed by atoms with Crippen molar-refractivity contribution in [3.8, 4) is 0 Å². The molecule has 80 heavy (non-hydrogen) atoms. The highest BCUT2D eigenvalue weighted by atomic mass is 31.2. The van der Waals surface area contributed by atoms with Crippen molar-refractivity contribution < 1.29 is 37.3 Å². The van der Waals surface area contributed by atoms with Crippen molar-refractivity contribution in [1.82, 2.24) is 5.32 Å². The van der Waals surface area contributed by atoms with Gasteiger partial charge in [0.15, 0.2) is 0 Å². The van der Waals surface area contributed by atoms with Crippen molar-refractivity contribution in [2.24, 2.45) is 0 Å². The molecule has 0 bridgehead atoms. The number of carbonyl (C=O) groups is 2. The summed E-state index contributed by atoms with van der Waals surface area (Å²) in [5.41, 5.74) is 0. The topological polar surface area (TPSA) is 114 Å². The number of ether oxygens (including phenoxy) is 1. The normalized spacial score (nSPS) is 13.6. The number of allylic oxidation sites excluding steroid dienone is 3. The van der Waals surface area contributed by atoms with Crippen LogP contribution in [-0.4, -0.2) is 69.4 Å². The minimum atomic E-state index is -4.70. The van der Waals surface area contributed by atoms with E-state index in [0.29, 0.717) is 23.9 Å². The Morgan fingerprint density at radius 2 is 0.725 bits per heavy atom. The molecule has 0 saturated heterocycles. The number of esters is 1. The van der Waals surface area contributed by atoms with Gasteiger partial charge in [0.2, 0.25) is 5.91 Å². The van der Waals surface area contributed by atoms with Gasteiger partial charge in [0, 0.05) is 12.8 Å². The monoisotopic (exact) mass is 1150 g/mol. The molecule has 0 radical (unpaired) electrons. The Hall–Kier alpha value is -1.51. The van der Waals surface area contributed by atoms with Crippen LogP contribution < -0.4 is 10.2 Å². The van der Waals surface area contributed by atoms with Crippen LogP contribution in [0.2, 0.25) is 0 Å². The lowest BCUT2D eigenvalue weighted by molar-refractivity contribution is -0.870. The molecule has 0 aliphatic heterocycles. The van der Waals surface area contributed by atoms with Crippen molar-refractivity contribution in [2.75, 3.05) is 40.9 Å². The van der Waals surface area contributed by atoms with Crippen molar-refractivity contribution >= 4 is 19.7 Å². The molecule has 10 heteroatoms. The number of hydrogen-bond acceptors (Lipinski definition) is 7. The third-order valence-electron chi connectivity index (χ3n) is 16.1. The first kappa shape index (κ1) is 78.5. The van der Waals surface area contributed by atoms with Crippen LogP contribution in [-0.2, 0) is 27.9 Å². The Bertz CT molecular complexity index is 1420. The van der Waals surface area contributed by atoms with Gasteiger partial charge in [-0.05, 0) is 57.4 Å². The van der Waals surface area contributed by atoms with Gasteiger partial charge in [0.25, 0.3) is 7.82 Å². The number of phosphoric ester groups is 1. The van der Waals surface area contributed by atoms with E-state index < -0.39 is 20.0 Å². The molecule has 474 valence electrons. The molecule has 0 aromatic heterocycles. The smallest absolute Gasteiger partial charge is 0.306 e. The summed E-state index contributed by atoms with van der Waals surface area (Å²) >= 11 is 0. The molecule has 0 aliphatic rings. The molecule has 0 aromatic carbocycles. The van der Waals surface area contributed by atoms with Crippen molar-refractivity contribution in [1.29, 1.82) is 0 Å². The second-order valence-corrected chi connectivity index (χ2v) is 26.8. The zero-order valence-corrected chi connectivity index (χ0v) is 55.2. The maximum Gasteiger partial charge on any atom is 0.306 e. The highest BCUT2D eigenvalue weighted by Crippen LogP contribution is 2.38. The van der Waals surface area contributed by atoms with Crippen LogP contribution in [0.5, 0.6) is 0 Å².